The first-order valence-corrected chi connectivity index (χ1v) is 10.7. The van der Waals surface area contributed by atoms with E-state index in [1.807, 2.05) is 22.1 Å². The van der Waals surface area contributed by atoms with E-state index in [0.29, 0.717) is 18.5 Å². The van der Waals surface area contributed by atoms with Gasteiger partial charge in [-0.3, -0.25) is 0 Å². The number of hydrogen-bond acceptors (Lipinski definition) is 4. The second kappa shape index (κ2) is 10.0. The molecule has 2 heterocycles. The maximum atomic E-state index is 11.8. The van der Waals surface area contributed by atoms with Crippen molar-refractivity contribution < 1.29 is 19.8 Å². The van der Waals surface area contributed by atoms with Crippen LogP contribution in [0.5, 0.6) is 0 Å². The van der Waals surface area contributed by atoms with Crippen LogP contribution >= 0.6 is 11.3 Å². The van der Waals surface area contributed by atoms with Crippen LogP contribution < -0.4 is 0 Å². The highest BCUT2D eigenvalue weighted by Gasteiger charge is 2.14. The number of aryl methyl sites for hydroxylation is 1. The Balaban J connectivity index is 1.94. The van der Waals surface area contributed by atoms with Crippen molar-refractivity contribution >= 4 is 29.4 Å². The summed E-state index contributed by atoms with van der Waals surface area (Å²) in [6.07, 6.45) is 6.58. The lowest BCUT2D eigenvalue weighted by Crippen LogP contribution is -2.09. The van der Waals surface area contributed by atoms with Crippen LogP contribution in [-0.4, -0.2) is 31.7 Å². The average Bonchev–Trinajstić information content (AvgIpc) is 3.37. The maximum Gasteiger partial charge on any atom is 0.335 e. The molecule has 156 valence electrons. The number of hydrogen-bond donors (Lipinski definition) is 2. The Morgan fingerprint density at radius 2 is 1.93 bits per heavy atom. The van der Waals surface area contributed by atoms with Crippen molar-refractivity contribution in [3.05, 3.63) is 81.1 Å². The minimum absolute atomic E-state index is 0.236. The summed E-state index contributed by atoms with van der Waals surface area (Å²) < 4.78 is 2.02. The molecule has 0 fully saturated rings. The number of carboxylic acid groups (broad SMARTS) is 2. The van der Waals surface area contributed by atoms with Crippen molar-refractivity contribution in [3.8, 4) is 0 Å². The van der Waals surface area contributed by atoms with E-state index in [2.05, 4.69) is 11.9 Å². The lowest BCUT2D eigenvalue weighted by atomic mass is 9.93. The van der Waals surface area contributed by atoms with E-state index < -0.39 is 11.9 Å². The summed E-state index contributed by atoms with van der Waals surface area (Å²) >= 11 is 1.53. The average molecular weight is 424 g/mol. The molecule has 0 saturated carbocycles. The Morgan fingerprint density at radius 3 is 2.53 bits per heavy atom. The van der Waals surface area contributed by atoms with E-state index in [9.17, 15) is 14.7 Å². The van der Waals surface area contributed by atoms with Crippen LogP contribution in [0.2, 0.25) is 0 Å². The van der Waals surface area contributed by atoms with Crippen LogP contribution in [0.15, 0.2) is 53.5 Å². The van der Waals surface area contributed by atoms with Crippen LogP contribution in [0.25, 0.3) is 6.08 Å². The molecule has 6 nitrogen and oxygen atoms in total. The van der Waals surface area contributed by atoms with Gasteiger partial charge in [0.05, 0.1) is 17.5 Å². The second-order valence-corrected chi connectivity index (χ2v) is 8.05. The van der Waals surface area contributed by atoms with E-state index in [-0.39, 0.29) is 5.56 Å². The minimum atomic E-state index is -0.962. The van der Waals surface area contributed by atoms with Crippen molar-refractivity contribution in [1.29, 1.82) is 0 Å². The molecular formula is C23H24N2O4S. The molecule has 7 heteroatoms. The monoisotopic (exact) mass is 423 g/mol. The number of aromatic nitrogens is 2. The molecule has 30 heavy (non-hydrogen) atoms. The molecular weight excluding hydrogens is 399 g/mol. The predicted octanol–water partition coefficient (Wildman–Crippen LogP) is 4.74. The Labute approximate surface area is 179 Å². The van der Waals surface area contributed by atoms with Crippen LogP contribution in [0.4, 0.5) is 0 Å². The van der Waals surface area contributed by atoms with Crippen molar-refractivity contribution in [2.45, 2.75) is 39.2 Å². The smallest absolute Gasteiger partial charge is 0.335 e. The van der Waals surface area contributed by atoms with Crippen molar-refractivity contribution in [3.63, 3.8) is 0 Å². The van der Waals surface area contributed by atoms with Gasteiger partial charge in [-0.05, 0) is 41.6 Å². The molecule has 0 aliphatic carbocycles. The summed E-state index contributed by atoms with van der Waals surface area (Å²) in [5.74, 6) is -1.01. The molecule has 3 aromatic rings. The normalized spacial score (nSPS) is 11.6. The molecule has 2 N–H and O–H groups in total. The van der Waals surface area contributed by atoms with Crippen LogP contribution in [-0.2, 0) is 24.2 Å². The van der Waals surface area contributed by atoms with Crippen LogP contribution in [0.1, 0.15) is 52.1 Å². The summed E-state index contributed by atoms with van der Waals surface area (Å²) in [4.78, 5) is 28.5. The third-order valence-electron chi connectivity index (χ3n) is 4.81. The number of carbonyl (C=O) groups is 2. The van der Waals surface area contributed by atoms with Crippen molar-refractivity contribution in [2.75, 3.05) is 0 Å². The molecule has 0 amide bonds. The SMILES string of the molecule is CCCCc1ncc(/C=C(\Cc2cccs2)C(=O)O)n1Cc1ccc([11C](=O)O)cc1. The third-order valence-corrected chi connectivity index (χ3v) is 5.68. The lowest BCUT2D eigenvalue weighted by Gasteiger charge is -2.12. The molecule has 0 unspecified atom stereocenters. The van der Waals surface area contributed by atoms with Gasteiger partial charge in [-0.2, -0.15) is 0 Å². The quantitative estimate of drug-likeness (QED) is 0.459. The van der Waals surface area contributed by atoms with Crippen LogP contribution in [0, 0.1) is 0 Å². The molecule has 0 bridgehead atoms. The summed E-state index contributed by atoms with van der Waals surface area (Å²) in [6.45, 7) is 2.61. The number of carboxylic acids is 2. The van der Waals surface area contributed by atoms with Gasteiger partial charge in [-0.15, -0.1) is 11.3 Å². The van der Waals surface area contributed by atoms with E-state index in [1.165, 1.54) is 11.3 Å². The van der Waals surface area contributed by atoms with Gasteiger partial charge in [0.2, 0.25) is 0 Å². The van der Waals surface area contributed by atoms with Gasteiger partial charge in [0.1, 0.15) is 5.82 Å². The number of aromatic carboxylic acids is 1. The number of aliphatic carboxylic acids is 1. The van der Waals surface area contributed by atoms with Gasteiger partial charge < -0.3 is 14.8 Å². The number of rotatable bonds is 10. The highest BCUT2D eigenvalue weighted by molar-refractivity contribution is 7.09. The van der Waals surface area contributed by atoms with Gasteiger partial charge in [0.15, 0.2) is 0 Å². The fourth-order valence-corrected chi connectivity index (χ4v) is 3.89. The molecule has 0 spiro atoms. The Morgan fingerprint density at radius 1 is 1.17 bits per heavy atom. The predicted molar refractivity (Wildman–Crippen MR) is 117 cm³/mol. The van der Waals surface area contributed by atoms with Crippen LogP contribution in [0.3, 0.4) is 0 Å². The Bertz CT molecular complexity index is 1030. The first-order valence-electron chi connectivity index (χ1n) is 9.80. The molecule has 0 aliphatic heterocycles. The van der Waals surface area contributed by atoms with Gasteiger partial charge >= 0.3 is 11.9 Å². The number of nitrogens with zero attached hydrogens (tertiary/aromatic N) is 2. The van der Waals surface area contributed by atoms with Gasteiger partial charge in [-0.25, -0.2) is 14.6 Å². The molecule has 3 rings (SSSR count). The molecule has 2 aromatic heterocycles. The van der Waals surface area contributed by atoms with E-state index in [4.69, 9.17) is 5.11 Å². The highest BCUT2D eigenvalue weighted by Crippen LogP contribution is 2.20. The zero-order valence-electron chi connectivity index (χ0n) is 16.7. The largest absolute Gasteiger partial charge is 0.478 e. The van der Waals surface area contributed by atoms with E-state index in [1.54, 1.807) is 36.5 Å². The standard InChI is InChI=1S/C23H24N2O4S/c1-2-3-6-21-24-14-19(12-18(23(28)29)13-20-5-4-11-30-20)25(21)15-16-7-9-17(10-8-16)22(26)27/h4-5,7-12,14H,2-3,6,13,15H2,1H3,(H,26,27)(H,28,29)/b18-12+/i22-1. The fraction of sp³-hybridized carbons (Fsp3) is 0.261. The Hall–Kier alpha value is -3.19. The van der Waals surface area contributed by atoms with Gasteiger partial charge in [-0.1, -0.05) is 31.5 Å². The zero-order valence-corrected chi connectivity index (χ0v) is 17.6. The minimum Gasteiger partial charge on any atom is -0.478 e. The molecule has 0 radical (unpaired) electrons. The zero-order chi connectivity index (χ0) is 21.5. The molecule has 0 atom stereocenters. The summed E-state index contributed by atoms with van der Waals surface area (Å²) in [5.41, 5.74) is 2.21. The first-order chi connectivity index (χ1) is 14.5. The fourth-order valence-electron chi connectivity index (χ4n) is 3.16. The van der Waals surface area contributed by atoms with E-state index in [0.717, 1.165) is 41.2 Å². The van der Waals surface area contributed by atoms with Crippen molar-refractivity contribution in [2.24, 2.45) is 0 Å². The second-order valence-electron chi connectivity index (χ2n) is 7.02. The molecule has 0 aliphatic rings. The van der Waals surface area contributed by atoms with E-state index >= 15 is 0 Å². The third kappa shape index (κ3) is 5.45. The summed E-state index contributed by atoms with van der Waals surface area (Å²) in [5, 5.41) is 20.7. The highest BCUT2D eigenvalue weighted by atomic mass is 32.1. The van der Waals surface area contributed by atoms with Crippen molar-refractivity contribution in [1.82, 2.24) is 9.55 Å². The van der Waals surface area contributed by atoms with Gasteiger partial charge in [0, 0.05) is 29.8 Å². The Kier molecular flexibility index (Phi) is 7.19. The number of benzene rings is 1. The van der Waals surface area contributed by atoms with Gasteiger partial charge in [0.25, 0.3) is 0 Å². The lowest BCUT2D eigenvalue weighted by molar-refractivity contribution is -0.132. The number of imidazole rings is 1. The topological polar surface area (TPSA) is 92.4 Å². The first kappa shape index (κ1) is 21.5. The number of unbranched alkanes of at least 4 members (excludes halogenated alkanes) is 1. The number of thiophene rings is 1. The summed E-state index contributed by atoms with van der Waals surface area (Å²) in [7, 11) is 0. The molecule has 1 aromatic carbocycles. The molecule has 0 saturated heterocycles. The maximum absolute atomic E-state index is 11.8. The summed E-state index contributed by atoms with van der Waals surface area (Å²) in [6, 6.07) is 10.6.